The number of hydrogen-bond acceptors (Lipinski definition) is 4. The Morgan fingerprint density at radius 3 is 2.67 bits per heavy atom. The summed E-state index contributed by atoms with van der Waals surface area (Å²) in [6, 6.07) is 1.31. The van der Waals surface area contributed by atoms with Crippen LogP contribution in [0.2, 0.25) is 0 Å². The van der Waals surface area contributed by atoms with Gasteiger partial charge in [-0.2, -0.15) is 0 Å². The van der Waals surface area contributed by atoms with Crippen LogP contribution in [0.15, 0.2) is 0 Å². The molecule has 0 aliphatic carbocycles. The van der Waals surface area contributed by atoms with E-state index in [2.05, 4.69) is 29.0 Å². The molecule has 122 valence electrons. The molecule has 2 aliphatic heterocycles. The number of carbonyl (C=O) groups excluding carboxylic acids is 1. The summed E-state index contributed by atoms with van der Waals surface area (Å²) in [6.07, 6.45) is 5.59. The Morgan fingerprint density at radius 2 is 2.00 bits per heavy atom. The van der Waals surface area contributed by atoms with Crippen molar-refractivity contribution >= 4 is 5.91 Å². The molecule has 0 bridgehead atoms. The maximum absolute atomic E-state index is 12.0. The Morgan fingerprint density at radius 1 is 1.29 bits per heavy atom. The predicted octanol–water partition coefficient (Wildman–Crippen LogP) is 0.789. The van der Waals surface area contributed by atoms with E-state index in [0.717, 1.165) is 51.9 Å². The molecular formula is C16H32N4O. The normalized spacial score (nSPS) is 26.9. The van der Waals surface area contributed by atoms with Crippen LogP contribution in [0, 0.1) is 0 Å². The van der Waals surface area contributed by atoms with Crippen molar-refractivity contribution in [3.63, 3.8) is 0 Å². The van der Waals surface area contributed by atoms with E-state index < -0.39 is 0 Å². The molecule has 0 aromatic rings. The summed E-state index contributed by atoms with van der Waals surface area (Å²) in [5, 5.41) is 3.10. The summed E-state index contributed by atoms with van der Waals surface area (Å²) < 4.78 is 0. The fraction of sp³-hybridized carbons (Fsp3) is 0.938. The maximum atomic E-state index is 12.0. The third-order valence-electron chi connectivity index (χ3n) is 4.83. The Balaban J connectivity index is 1.69. The highest BCUT2D eigenvalue weighted by Crippen LogP contribution is 2.19. The fourth-order valence-electron chi connectivity index (χ4n) is 3.57. The lowest BCUT2D eigenvalue weighted by Crippen LogP contribution is -2.46. The molecule has 2 atom stereocenters. The minimum absolute atomic E-state index is 0.178. The van der Waals surface area contributed by atoms with Gasteiger partial charge in [0.15, 0.2) is 0 Å². The second-order valence-corrected chi connectivity index (χ2v) is 6.81. The van der Waals surface area contributed by atoms with Gasteiger partial charge in [-0.05, 0) is 45.7 Å². The Labute approximate surface area is 129 Å². The smallest absolute Gasteiger partial charge is 0.234 e. The molecule has 21 heavy (non-hydrogen) atoms. The van der Waals surface area contributed by atoms with Crippen LogP contribution in [0.3, 0.4) is 0 Å². The quantitative estimate of drug-likeness (QED) is 0.761. The second-order valence-electron chi connectivity index (χ2n) is 6.81. The van der Waals surface area contributed by atoms with Gasteiger partial charge in [-0.3, -0.25) is 14.6 Å². The zero-order valence-electron chi connectivity index (χ0n) is 13.7. The molecule has 2 fully saturated rings. The van der Waals surface area contributed by atoms with Crippen LogP contribution in [0.4, 0.5) is 0 Å². The number of piperidine rings is 1. The van der Waals surface area contributed by atoms with Gasteiger partial charge >= 0.3 is 0 Å². The monoisotopic (exact) mass is 296 g/mol. The van der Waals surface area contributed by atoms with E-state index in [1.54, 1.807) is 0 Å². The van der Waals surface area contributed by atoms with Crippen molar-refractivity contribution in [3.8, 4) is 0 Å². The van der Waals surface area contributed by atoms with E-state index in [1.165, 1.54) is 6.42 Å². The molecule has 0 saturated carbocycles. The van der Waals surface area contributed by atoms with Gasteiger partial charge in [0.05, 0.1) is 6.54 Å². The molecule has 2 aliphatic rings. The molecule has 2 heterocycles. The fourth-order valence-corrected chi connectivity index (χ4v) is 3.57. The Hall–Kier alpha value is -0.650. The van der Waals surface area contributed by atoms with Gasteiger partial charge in [0, 0.05) is 31.2 Å². The molecule has 2 saturated heterocycles. The number of nitrogens with two attached hydrogens (primary N) is 1. The molecule has 5 nitrogen and oxygen atoms in total. The lowest BCUT2D eigenvalue weighted by molar-refractivity contribution is -0.122. The van der Waals surface area contributed by atoms with Gasteiger partial charge in [-0.15, -0.1) is 0 Å². The summed E-state index contributed by atoms with van der Waals surface area (Å²) in [4.78, 5) is 16.9. The minimum Gasteiger partial charge on any atom is -0.353 e. The summed E-state index contributed by atoms with van der Waals surface area (Å²) in [5.41, 5.74) is 5.97. The van der Waals surface area contributed by atoms with E-state index in [-0.39, 0.29) is 5.91 Å². The maximum Gasteiger partial charge on any atom is 0.234 e. The average Bonchev–Trinajstić information content (AvgIpc) is 2.88. The van der Waals surface area contributed by atoms with Gasteiger partial charge in [-0.1, -0.05) is 13.3 Å². The SMILES string of the molecule is CCCC(C)NC(=O)CN1CCC(N2CCC(N)CC2)C1. The van der Waals surface area contributed by atoms with Crippen molar-refractivity contribution in [2.45, 2.75) is 64.1 Å². The molecule has 0 aromatic heterocycles. The van der Waals surface area contributed by atoms with E-state index in [0.29, 0.717) is 24.7 Å². The number of nitrogens with one attached hydrogen (secondary N) is 1. The number of likely N-dealkylation sites (tertiary alicyclic amines) is 2. The van der Waals surface area contributed by atoms with Gasteiger partial charge in [0.2, 0.25) is 5.91 Å². The zero-order chi connectivity index (χ0) is 15.2. The first kappa shape index (κ1) is 16.7. The van der Waals surface area contributed by atoms with Gasteiger partial charge in [0.25, 0.3) is 0 Å². The zero-order valence-corrected chi connectivity index (χ0v) is 13.7. The van der Waals surface area contributed by atoms with Crippen LogP contribution in [-0.2, 0) is 4.79 Å². The van der Waals surface area contributed by atoms with Crippen molar-refractivity contribution in [2.24, 2.45) is 5.73 Å². The van der Waals surface area contributed by atoms with Crippen molar-refractivity contribution < 1.29 is 4.79 Å². The number of carbonyl (C=O) groups is 1. The molecule has 0 radical (unpaired) electrons. The standard InChI is InChI=1S/C16H32N4O/c1-3-4-13(2)18-16(21)12-19-8-7-15(11-19)20-9-5-14(17)6-10-20/h13-15H,3-12,17H2,1-2H3,(H,18,21). The van der Waals surface area contributed by atoms with E-state index in [1.807, 2.05) is 0 Å². The molecule has 5 heteroatoms. The third kappa shape index (κ3) is 5.24. The summed E-state index contributed by atoms with van der Waals surface area (Å²) in [5.74, 6) is 0.178. The highest BCUT2D eigenvalue weighted by molar-refractivity contribution is 5.78. The van der Waals surface area contributed by atoms with Crippen LogP contribution in [0.5, 0.6) is 0 Å². The molecule has 3 N–H and O–H groups in total. The lowest BCUT2D eigenvalue weighted by Gasteiger charge is -2.34. The molecule has 0 aromatic carbocycles. The predicted molar refractivity (Wildman–Crippen MR) is 86.1 cm³/mol. The largest absolute Gasteiger partial charge is 0.353 e. The van der Waals surface area contributed by atoms with Crippen molar-refractivity contribution in [2.75, 3.05) is 32.7 Å². The van der Waals surface area contributed by atoms with Gasteiger partial charge in [-0.25, -0.2) is 0 Å². The van der Waals surface area contributed by atoms with Gasteiger partial charge < -0.3 is 11.1 Å². The summed E-state index contributed by atoms with van der Waals surface area (Å²) in [6.45, 7) is 9.12. The highest BCUT2D eigenvalue weighted by atomic mass is 16.2. The average molecular weight is 296 g/mol. The second kappa shape index (κ2) is 8.11. The van der Waals surface area contributed by atoms with Crippen LogP contribution in [-0.4, -0.2) is 66.6 Å². The number of amides is 1. The molecule has 1 amide bonds. The first-order valence-electron chi connectivity index (χ1n) is 8.59. The van der Waals surface area contributed by atoms with Crippen LogP contribution < -0.4 is 11.1 Å². The lowest BCUT2D eigenvalue weighted by atomic mass is 10.0. The third-order valence-corrected chi connectivity index (χ3v) is 4.83. The van der Waals surface area contributed by atoms with Crippen molar-refractivity contribution in [1.82, 2.24) is 15.1 Å². The highest BCUT2D eigenvalue weighted by Gasteiger charge is 2.30. The van der Waals surface area contributed by atoms with Gasteiger partial charge in [0.1, 0.15) is 0 Å². The van der Waals surface area contributed by atoms with Crippen LogP contribution in [0.25, 0.3) is 0 Å². The minimum atomic E-state index is 0.178. The van der Waals surface area contributed by atoms with Crippen LogP contribution in [0.1, 0.15) is 46.0 Å². The molecule has 2 rings (SSSR count). The van der Waals surface area contributed by atoms with E-state index in [9.17, 15) is 4.79 Å². The summed E-state index contributed by atoms with van der Waals surface area (Å²) >= 11 is 0. The topological polar surface area (TPSA) is 61.6 Å². The number of nitrogens with zero attached hydrogens (tertiary/aromatic N) is 2. The van der Waals surface area contributed by atoms with Crippen LogP contribution >= 0.6 is 0 Å². The first-order valence-corrected chi connectivity index (χ1v) is 8.59. The Kier molecular flexibility index (Phi) is 6.45. The Bertz CT molecular complexity index is 328. The van der Waals surface area contributed by atoms with E-state index >= 15 is 0 Å². The molecule has 0 spiro atoms. The molecule has 2 unspecified atom stereocenters. The van der Waals surface area contributed by atoms with Crippen molar-refractivity contribution in [3.05, 3.63) is 0 Å². The number of hydrogen-bond donors (Lipinski definition) is 2. The molecular weight excluding hydrogens is 264 g/mol. The first-order chi connectivity index (χ1) is 10.1. The van der Waals surface area contributed by atoms with E-state index in [4.69, 9.17) is 5.73 Å². The van der Waals surface area contributed by atoms with Crippen molar-refractivity contribution in [1.29, 1.82) is 0 Å². The number of rotatable bonds is 6. The summed E-state index contributed by atoms with van der Waals surface area (Å²) in [7, 11) is 0.